The van der Waals surface area contributed by atoms with Crippen molar-refractivity contribution in [3.8, 4) is 5.75 Å². The van der Waals surface area contributed by atoms with Gasteiger partial charge in [-0.1, -0.05) is 15.9 Å². The Morgan fingerprint density at radius 1 is 1.45 bits per heavy atom. The van der Waals surface area contributed by atoms with Crippen LogP contribution in [-0.4, -0.2) is 23.6 Å². The zero-order valence-corrected chi connectivity index (χ0v) is 12.3. The van der Waals surface area contributed by atoms with Crippen molar-refractivity contribution in [1.29, 1.82) is 0 Å². The highest BCUT2D eigenvalue weighted by Gasteiger charge is 2.27. The van der Waals surface area contributed by atoms with Crippen molar-refractivity contribution in [1.82, 2.24) is 9.97 Å². The maximum atomic E-state index is 13.9. The molecule has 0 amide bonds. The summed E-state index contributed by atoms with van der Waals surface area (Å²) in [6.07, 6.45) is 1.85. The van der Waals surface area contributed by atoms with Crippen LogP contribution in [0.4, 0.5) is 21.8 Å². The lowest BCUT2D eigenvalue weighted by molar-refractivity contribution is 0.411. The van der Waals surface area contributed by atoms with Crippen LogP contribution in [0.3, 0.4) is 0 Å². The van der Waals surface area contributed by atoms with Gasteiger partial charge in [-0.05, 0) is 18.6 Å². The molecular weight excluding hydrogens is 327 g/mol. The van der Waals surface area contributed by atoms with E-state index in [2.05, 4.69) is 25.9 Å². The van der Waals surface area contributed by atoms with Gasteiger partial charge < -0.3 is 15.4 Å². The topological polar surface area (TPSA) is 64.3 Å². The van der Waals surface area contributed by atoms with E-state index < -0.39 is 5.82 Å². The van der Waals surface area contributed by atoms with Crippen LogP contribution in [0.5, 0.6) is 5.75 Å². The number of nitrogen functional groups attached to an aromatic ring is 1. The Balaban J connectivity index is 2.13. The number of ether oxygens (including phenoxy) is 1. The summed E-state index contributed by atoms with van der Waals surface area (Å²) in [7, 11) is 1.62. The van der Waals surface area contributed by atoms with E-state index in [-0.39, 0.29) is 11.8 Å². The van der Waals surface area contributed by atoms with Crippen LogP contribution in [0, 0.1) is 5.82 Å². The average molecular weight is 339 g/mol. The van der Waals surface area contributed by atoms with Gasteiger partial charge in [-0.25, -0.2) is 9.37 Å². The summed E-state index contributed by atoms with van der Waals surface area (Å²) in [4.78, 5) is 9.44. The number of rotatable bonds is 2. The van der Waals surface area contributed by atoms with Gasteiger partial charge >= 0.3 is 0 Å². The van der Waals surface area contributed by atoms with Crippen LogP contribution < -0.4 is 15.4 Å². The van der Waals surface area contributed by atoms with E-state index in [4.69, 9.17) is 10.5 Å². The molecule has 0 spiro atoms. The quantitative estimate of drug-likeness (QED) is 0.911. The number of aromatic nitrogens is 2. The van der Waals surface area contributed by atoms with Crippen molar-refractivity contribution < 1.29 is 9.13 Å². The second kappa shape index (κ2) is 4.90. The molecule has 0 fully saturated rings. The lowest BCUT2D eigenvalue weighted by Crippen LogP contribution is -2.17. The van der Waals surface area contributed by atoms with E-state index in [9.17, 15) is 4.39 Å². The molecule has 0 unspecified atom stereocenters. The Labute approximate surface area is 123 Å². The molecule has 1 aliphatic rings. The first kappa shape index (κ1) is 13.1. The summed E-state index contributed by atoms with van der Waals surface area (Å²) in [5.74, 6) is 0.526. The number of nitrogens with two attached hydrogens (primary N) is 1. The molecule has 7 heteroatoms. The number of hydrogen-bond donors (Lipinski definition) is 1. The molecule has 3 rings (SSSR count). The van der Waals surface area contributed by atoms with Gasteiger partial charge in [-0.3, -0.25) is 0 Å². The third-order valence-electron chi connectivity index (χ3n) is 3.25. The Morgan fingerprint density at radius 3 is 3.00 bits per heavy atom. The second-order valence-electron chi connectivity index (χ2n) is 4.41. The summed E-state index contributed by atoms with van der Waals surface area (Å²) in [6.45, 7) is 0.621. The van der Waals surface area contributed by atoms with Crippen LogP contribution in [-0.2, 0) is 6.42 Å². The fourth-order valence-electron chi connectivity index (χ4n) is 2.40. The van der Waals surface area contributed by atoms with Crippen LogP contribution in [0.25, 0.3) is 0 Å². The van der Waals surface area contributed by atoms with Crippen LogP contribution >= 0.6 is 15.9 Å². The van der Waals surface area contributed by atoms with Gasteiger partial charge in [0.15, 0.2) is 11.6 Å². The Morgan fingerprint density at radius 2 is 2.25 bits per heavy atom. The number of benzene rings is 1. The van der Waals surface area contributed by atoms with Crippen molar-refractivity contribution in [2.75, 3.05) is 24.3 Å². The summed E-state index contributed by atoms with van der Waals surface area (Å²) in [5, 5.41) is 0. The largest absolute Gasteiger partial charge is 0.496 e. The fourth-order valence-corrected chi connectivity index (χ4v) is 2.82. The normalized spacial score (nSPS) is 13.4. The first-order chi connectivity index (χ1) is 9.60. The third kappa shape index (κ3) is 2.07. The van der Waals surface area contributed by atoms with Crippen LogP contribution in [0.15, 0.2) is 22.8 Å². The van der Waals surface area contributed by atoms with Crippen molar-refractivity contribution >= 4 is 33.4 Å². The van der Waals surface area contributed by atoms with Gasteiger partial charge in [-0.15, -0.1) is 0 Å². The summed E-state index contributed by atoms with van der Waals surface area (Å²) < 4.78 is 20.2. The Bertz CT molecular complexity index is 680. The van der Waals surface area contributed by atoms with Gasteiger partial charge in [0.05, 0.1) is 19.0 Å². The van der Waals surface area contributed by atoms with Crippen LogP contribution in [0.1, 0.15) is 5.56 Å². The molecule has 0 atom stereocenters. The number of anilines is 3. The number of hydrogen-bond acceptors (Lipinski definition) is 5. The van der Waals surface area contributed by atoms with Crippen molar-refractivity contribution in [3.63, 3.8) is 0 Å². The number of halogens is 2. The zero-order valence-electron chi connectivity index (χ0n) is 10.7. The van der Waals surface area contributed by atoms with E-state index in [1.807, 2.05) is 12.1 Å². The summed E-state index contributed by atoms with van der Waals surface area (Å²) >= 11 is 3.43. The Hall–Kier alpha value is -1.89. The SMILES string of the molecule is COc1cc(Br)cc2c1CCN2c1nc(N)ncc1F. The van der Waals surface area contributed by atoms with E-state index in [0.717, 1.165) is 34.1 Å². The van der Waals surface area contributed by atoms with Gasteiger partial charge in [0.1, 0.15) is 5.75 Å². The van der Waals surface area contributed by atoms with Crippen molar-refractivity contribution in [2.24, 2.45) is 0 Å². The minimum atomic E-state index is -0.494. The van der Waals surface area contributed by atoms with E-state index in [1.54, 1.807) is 12.0 Å². The zero-order chi connectivity index (χ0) is 14.3. The molecule has 0 radical (unpaired) electrons. The van der Waals surface area contributed by atoms with Crippen molar-refractivity contribution in [3.05, 3.63) is 34.2 Å². The first-order valence-corrected chi connectivity index (χ1v) is 6.81. The monoisotopic (exact) mass is 338 g/mol. The van der Waals surface area contributed by atoms with Gasteiger partial charge in [0.25, 0.3) is 0 Å². The number of methoxy groups -OCH3 is 1. The molecule has 0 bridgehead atoms. The molecular formula is C13H12BrFN4O. The summed E-state index contributed by atoms with van der Waals surface area (Å²) in [5.41, 5.74) is 7.45. The van der Waals surface area contributed by atoms with Gasteiger partial charge in [0.2, 0.25) is 5.95 Å². The Kier molecular flexibility index (Phi) is 3.21. The second-order valence-corrected chi connectivity index (χ2v) is 5.32. The van der Waals surface area contributed by atoms with E-state index in [0.29, 0.717) is 6.54 Å². The molecule has 104 valence electrons. The maximum Gasteiger partial charge on any atom is 0.222 e. The van der Waals surface area contributed by atoms with Gasteiger partial charge in [-0.2, -0.15) is 4.98 Å². The van der Waals surface area contributed by atoms with E-state index in [1.165, 1.54) is 0 Å². The number of nitrogens with zero attached hydrogens (tertiary/aromatic N) is 3. The molecule has 2 aromatic rings. The lowest BCUT2D eigenvalue weighted by Gasteiger charge is -2.19. The standard InChI is InChI=1S/C13H12BrFN4O/c1-20-11-5-7(14)4-10-8(11)2-3-19(10)12-9(15)6-17-13(16)18-12/h4-6H,2-3H2,1H3,(H2,16,17,18). The van der Waals surface area contributed by atoms with Gasteiger partial charge in [0, 0.05) is 16.6 Å². The lowest BCUT2D eigenvalue weighted by atomic mass is 10.1. The highest BCUT2D eigenvalue weighted by Crippen LogP contribution is 2.41. The molecule has 2 N–H and O–H groups in total. The maximum absolute atomic E-state index is 13.9. The predicted molar refractivity (Wildman–Crippen MR) is 77.8 cm³/mol. The minimum absolute atomic E-state index is 0.0526. The molecule has 20 heavy (non-hydrogen) atoms. The average Bonchev–Trinajstić information content (AvgIpc) is 2.84. The minimum Gasteiger partial charge on any atom is -0.496 e. The molecule has 1 aromatic heterocycles. The predicted octanol–water partition coefficient (Wildman–Crippen LogP) is 2.66. The highest BCUT2D eigenvalue weighted by atomic mass is 79.9. The van der Waals surface area contributed by atoms with Crippen LogP contribution in [0.2, 0.25) is 0 Å². The van der Waals surface area contributed by atoms with Crippen molar-refractivity contribution in [2.45, 2.75) is 6.42 Å². The molecule has 1 aliphatic heterocycles. The smallest absolute Gasteiger partial charge is 0.222 e. The third-order valence-corrected chi connectivity index (χ3v) is 3.70. The van der Waals surface area contributed by atoms with E-state index >= 15 is 0 Å². The highest BCUT2D eigenvalue weighted by molar-refractivity contribution is 9.10. The fraction of sp³-hybridized carbons (Fsp3) is 0.231. The molecule has 1 aromatic carbocycles. The molecule has 0 saturated carbocycles. The first-order valence-electron chi connectivity index (χ1n) is 6.02. The molecule has 0 aliphatic carbocycles. The molecule has 0 saturated heterocycles. The summed E-state index contributed by atoms with van der Waals surface area (Å²) in [6, 6.07) is 3.82. The molecule has 2 heterocycles. The molecule has 5 nitrogen and oxygen atoms in total. The number of fused-ring (bicyclic) bond motifs is 1.